The lowest BCUT2D eigenvalue weighted by Gasteiger charge is -2.02. The van der Waals surface area contributed by atoms with Crippen LogP contribution < -0.4 is 10.7 Å². The van der Waals surface area contributed by atoms with Gasteiger partial charge in [-0.3, -0.25) is 9.59 Å². The molecule has 0 aliphatic heterocycles. The van der Waals surface area contributed by atoms with Crippen LogP contribution in [0, 0.1) is 0 Å². The highest BCUT2D eigenvalue weighted by molar-refractivity contribution is 6.42. The SMILES string of the molecule is CCCCNC(=O)C(=O)NN=Cc1ccc(Cl)c(Cl)c1. The summed E-state index contributed by atoms with van der Waals surface area (Å²) in [6.07, 6.45) is 3.14. The Morgan fingerprint density at radius 2 is 2.00 bits per heavy atom. The lowest BCUT2D eigenvalue weighted by atomic mass is 10.2. The quantitative estimate of drug-likeness (QED) is 0.379. The molecule has 0 aromatic heterocycles. The molecule has 0 unspecified atom stereocenters. The van der Waals surface area contributed by atoms with Crippen LogP contribution in [0.25, 0.3) is 0 Å². The molecule has 0 aliphatic rings. The lowest BCUT2D eigenvalue weighted by molar-refractivity contribution is -0.139. The van der Waals surface area contributed by atoms with Crippen molar-refractivity contribution in [2.75, 3.05) is 6.54 Å². The molecule has 1 rings (SSSR count). The number of amides is 2. The molecule has 108 valence electrons. The van der Waals surface area contributed by atoms with Crippen molar-refractivity contribution in [2.24, 2.45) is 5.10 Å². The average molecular weight is 316 g/mol. The van der Waals surface area contributed by atoms with Gasteiger partial charge < -0.3 is 5.32 Å². The highest BCUT2D eigenvalue weighted by atomic mass is 35.5. The zero-order valence-corrected chi connectivity index (χ0v) is 12.5. The Hall–Kier alpha value is -1.59. The first-order chi connectivity index (χ1) is 9.54. The van der Waals surface area contributed by atoms with E-state index in [4.69, 9.17) is 23.2 Å². The standard InChI is InChI=1S/C13H15Cl2N3O2/c1-2-3-6-16-12(19)13(20)18-17-8-9-4-5-10(14)11(15)7-9/h4-5,7-8H,2-3,6H2,1H3,(H,16,19)(H,18,20). The molecule has 0 saturated heterocycles. The molecule has 0 radical (unpaired) electrons. The molecule has 0 saturated carbocycles. The maximum Gasteiger partial charge on any atom is 0.329 e. The summed E-state index contributed by atoms with van der Waals surface area (Å²) in [4.78, 5) is 22.7. The predicted molar refractivity (Wildman–Crippen MR) is 80.1 cm³/mol. The number of rotatable bonds is 5. The van der Waals surface area contributed by atoms with Crippen LogP contribution in [0.3, 0.4) is 0 Å². The zero-order chi connectivity index (χ0) is 15.0. The van der Waals surface area contributed by atoms with Gasteiger partial charge in [-0.2, -0.15) is 5.10 Å². The minimum atomic E-state index is -0.808. The first-order valence-corrected chi connectivity index (χ1v) is 6.86. The van der Waals surface area contributed by atoms with E-state index in [0.717, 1.165) is 12.8 Å². The average Bonchev–Trinajstić information content (AvgIpc) is 2.42. The Morgan fingerprint density at radius 3 is 2.65 bits per heavy atom. The summed E-state index contributed by atoms with van der Waals surface area (Å²) in [6, 6.07) is 4.90. The van der Waals surface area contributed by atoms with E-state index >= 15 is 0 Å². The van der Waals surface area contributed by atoms with Gasteiger partial charge in [-0.05, 0) is 24.1 Å². The van der Waals surface area contributed by atoms with Gasteiger partial charge in [-0.1, -0.05) is 42.6 Å². The van der Waals surface area contributed by atoms with Crippen molar-refractivity contribution in [1.29, 1.82) is 0 Å². The number of carbonyl (C=O) groups is 2. The maximum atomic E-state index is 11.4. The van der Waals surface area contributed by atoms with Crippen LogP contribution in [0.5, 0.6) is 0 Å². The van der Waals surface area contributed by atoms with E-state index in [-0.39, 0.29) is 0 Å². The first kappa shape index (κ1) is 16.5. The van der Waals surface area contributed by atoms with E-state index < -0.39 is 11.8 Å². The highest BCUT2D eigenvalue weighted by Gasteiger charge is 2.10. The number of halogens is 2. The molecule has 0 aliphatic carbocycles. The van der Waals surface area contributed by atoms with Crippen LogP contribution in [0.15, 0.2) is 23.3 Å². The Kier molecular flexibility index (Phi) is 7.04. The van der Waals surface area contributed by atoms with Gasteiger partial charge in [0.1, 0.15) is 0 Å². The summed E-state index contributed by atoms with van der Waals surface area (Å²) >= 11 is 11.6. The van der Waals surface area contributed by atoms with Crippen molar-refractivity contribution < 1.29 is 9.59 Å². The third kappa shape index (κ3) is 5.59. The molecular weight excluding hydrogens is 301 g/mol. The topological polar surface area (TPSA) is 70.6 Å². The Morgan fingerprint density at radius 1 is 1.25 bits per heavy atom. The third-order valence-corrected chi connectivity index (χ3v) is 3.08. The Balaban J connectivity index is 2.45. The van der Waals surface area contributed by atoms with Crippen LogP contribution >= 0.6 is 23.2 Å². The molecule has 0 bridgehead atoms. The van der Waals surface area contributed by atoms with Crippen LogP contribution in [0.1, 0.15) is 25.3 Å². The fourth-order valence-electron chi connectivity index (χ4n) is 1.27. The first-order valence-electron chi connectivity index (χ1n) is 6.11. The number of hydrazone groups is 1. The normalized spacial score (nSPS) is 10.6. The molecule has 2 amide bonds. The van der Waals surface area contributed by atoms with E-state index in [1.54, 1.807) is 18.2 Å². The molecule has 0 heterocycles. The molecule has 0 fully saturated rings. The van der Waals surface area contributed by atoms with Gasteiger partial charge in [-0.15, -0.1) is 0 Å². The summed E-state index contributed by atoms with van der Waals surface area (Å²) in [7, 11) is 0. The van der Waals surface area contributed by atoms with Crippen molar-refractivity contribution in [1.82, 2.24) is 10.7 Å². The molecule has 20 heavy (non-hydrogen) atoms. The molecule has 7 heteroatoms. The molecular formula is C13H15Cl2N3O2. The van der Waals surface area contributed by atoms with E-state index in [1.807, 2.05) is 6.92 Å². The highest BCUT2D eigenvalue weighted by Crippen LogP contribution is 2.21. The Bertz CT molecular complexity index is 518. The number of hydrogen-bond donors (Lipinski definition) is 2. The molecule has 1 aromatic rings. The number of nitrogens with zero attached hydrogens (tertiary/aromatic N) is 1. The molecule has 1 aromatic carbocycles. The number of unbranched alkanes of at least 4 members (excludes halogenated alkanes) is 1. The van der Waals surface area contributed by atoms with Gasteiger partial charge >= 0.3 is 11.8 Å². The number of benzene rings is 1. The fourth-order valence-corrected chi connectivity index (χ4v) is 1.57. The van der Waals surface area contributed by atoms with Gasteiger partial charge in [0, 0.05) is 6.54 Å². The van der Waals surface area contributed by atoms with Crippen molar-refractivity contribution in [3.8, 4) is 0 Å². The lowest BCUT2D eigenvalue weighted by Crippen LogP contribution is -2.38. The van der Waals surface area contributed by atoms with E-state index in [0.29, 0.717) is 22.2 Å². The van der Waals surface area contributed by atoms with Crippen molar-refractivity contribution in [3.05, 3.63) is 33.8 Å². The second-order valence-corrected chi connectivity index (χ2v) is 4.80. The van der Waals surface area contributed by atoms with Gasteiger partial charge in [0.25, 0.3) is 0 Å². The minimum Gasteiger partial charge on any atom is -0.348 e. The summed E-state index contributed by atoms with van der Waals surface area (Å²) < 4.78 is 0. The van der Waals surface area contributed by atoms with Crippen molar-refractivity contribution >= 4 is 41.2 Å². The molecule has 0 spiro atoms. The third-order valence-electron chi connectivity index (χ3n) is 2.35. The largest absolute Gasteiger partial charge is 0.348 e. The zero-order valence-electron chi connectivity index (χ0n) is 11.0. The molecule has 0 atom stereocenters. The van der Waals surface area contributed by atoms with E-state index in [9.17, 15) is 9.59 Å². The molecule has 2 N–H and O–H groups in total. The summed E-state index contributed by atoms with van der Waals surface area (Å²) in [5.74, 6) is -1.51. The van der Waals surface area contributed by atoms with Crippen LogP contribution in [0.2, 0.25) is 10.0 Å². The van der Waals surface area contributed by atoms with Gasteiger partial charge in [0.2, 0.25) is 0 Å². The van der Waals surface area contributed by atoms with E-state index in [1.165, 1.54) is 6.21 Å². The minimum absolute atomic E-state index is 0.388. The smallest absolute Gasteiger partial charge is 0.329 e. The second-order valence-electron chi connectivity index (χ2n) is 3.98. The van der Waals surface area contributed by atoms with Crippen LogP contribution in [0.4, 0.5) is 0 Å². The predicted octanol–water partition coefficient (Wildman–Crippen LogP) is 2.36. The van der Waals surface area contributed by atoms with Gasteiger partial charge in [0.15, 0.2) is 0 Å². The molecule has 5 nitrogen and oxygen atoms in total. The van der Waals surface area contributed by atoms with Gasteiger partial charge in [-0.25, -0.2) is 5.43 Å². The van der Waals surface area contributed by atoms with Crippen LogP contribution in [-0.4, -0.2) is 24.6 Å². The second kappa shape index (κ2) is 8.55. The number of carbonyl (C=O) groups excluding carboxylic acids is 2. The summed E-state index contributed by atoms with van der Waals surface area (Å²) in [5, 5.41) is 6.98. The number of hydrogen-bond acceptors (Lipinski definition) is 3. The monoisotopic (exact) mass is 315 g/mol. The van der Waals surface area contributed by atoms with E-state index in [2.05, 4.69) is 15.8 Å². The number of nitrogens with one attached hydrogen (secondary N) is 2. The maximum absolute atomic E-state index is 11.4. The van der Waals surface area contributed by atoms with Gasteiger partial charge in [0.05, 0.1) is 16.3 Å². The summed E-state index contributed by atoms with van der Waals surface area (Å²) in [5.41, 5.74) is 2.79. The Labute approximate surface area is 127 Å². The van der Waals surface area contributed by atoms with Crippen molar-refractivity contribution in [3.63, 3.8) is 0 Å². The summed E-state index contributed by atoms with van der Waals surface area (Å²) in [6.45, 7) is 2.47. The van der Waals surface area contributed by atoms with Crippen LogP contribution in [-0.2, 0) is 9.59 Å². The fraction of sp³-hybridized carbons (Fsp3) is 0.308. The van der Waals surface area contributed by atoms with Crippen molar-refractivity contribution in [2.45, 2.75) is 19.8 Å².